The highest BCUT2D eigenvalue weighted by molar-refractivity contribution is 5.77. The van der Waals surface area contributed by atoms with E-state index in [9.17, 15) is 4.79 Å². The van der Waals surface area contributed by atoms with E-state index in [4.69, 9.17) is 4.74 Å². The summed E-state index contributed by atoms with van der Waals surface area (Å²) in [7, 11) is 0. The summed E-state index contributed by atoms with van der Waals surface area (Å²) < 4.78 is 5.51. The first-order chi connectivity index (χ1) is 9.65. The molecule has 1 heterocycles. The van der Waals surface area contributed by atoms with Crippen molar-refractivity contribution in [1.82, 2.24) is 15.3 Å². The van der Waals surface area contributed by atoms with E-state index in [0.717, 1.165) is 17.1 Å². The minimum atomic E-state index is -0.128. The Kier molecular flexibility index (Phi) is 4.76. The first-order valence-corrected chi connectivity index (χ1v) is 6.60. The van der Waals surface area contributed by atoms with Gasteiger partial charge in [-0.3, -0.25) is 4.79 Å². The fourth-order valence-electron chi connectivity index (χ4n) is 1.91. The number of hydrogen-bond donors (Lipinski definition) is 2. The molecule has 0 fully saturated rings. The number of aromatic nitrogens is 2. The van der Waals surface area contributed by atoms with Gasteiger partial charge in [-0.2, -0.15) is 0 Å². The minimum Gasteiger partial charge on any atom is -0.484 e. The number of benzene rings is 1. The van der Waals surface area contributed by atoms with Gasteiger partial charge in [-0.15, -0.1) is 0 Å². The third kappa shape index (κ3) is 4.12. The molecule has 1 amide bonds. The van der Waals surface area contributed by atoms with Crippen LogP contribution < -0.4 is 10.1 Å². The van der Waals surface area contributed by atoms with Crippen molar-refractivity contribution in [2.45, 2.75) is 20.3 Å². The molecule has 1 aromatic carbocycles. The zero-order valence-corrected chi connectivity index (χ0v) is 11.8. The Morgan fingerprint density at radius 1 is 1.40 bits per heavy atom. The first-order valence-electron chi connectivity index (χ1n) is 6.60. The summed E-state index contributed by atoms with van der Waals surface area (Å²) in [4.78, 5) is 18.7. The summed E-state index contributed by atoms with van der Waals surface area (Å²) >= 11 is 0. The lowest BCUT2D eigenvalue weighted by Gasteiger charge is -2.09. The highest BCUT2D eigenvalue weighted by Crippen LogP contribution is 2.18. The number of amides is 1. The number of carbonyl (C=O) groups is 1. The van der Waals surface area contributed by atoms with Gasteiger partial charge in [0, 0.05) is 25.4 Å². The van der Waals surface area contributed by atoms with Crippen LogP contribution in [0, 0.1) is 13.8 Å². The Labute approximate surface area is 118 Å². The minimum absolute atomic E-state index is 0.0298. The van der Waals surface area contributed by atoms with Gasteiger partial charge >= 0.3 is 0 Å². The summed E-state index contributed by atoms with van der Waals surface area (Å²) in [6, 6.07) is 5.89. The van der Waals surface area contributed by atoms with E-state index in [1.165, 1.54) is 5.56 Å². The third-order valence-electron chi connectivity index (χ3n) is 2.93. The van der Waals surface area contributed by atoms with Crippen molar-refractivity contribution in [2.24, 2.45) is 0 Å². The van der Waals surface area contributed by atoms with Crippen molar-refractivity contribution in [3.05, 3.63) is 47.5 Å². The van der Waals surface area contributed by atoms with Crippen molar-refractivity contribution >= 4 is 5.91 Å². The second-order valence-corrected chi connectivity index (χ2v) is 4.69. The van der Waals surface area contributed by atoms with Gasteiger partial charge < -0.3 is 15.0 Å². The monoisotopic (exact) mass is 273 g/mol. The molecule has 0 aliphatic rings. The van der Waals surface area contributed by atoms with Crippen LogP contribution in [-0.4, -0.2) is 29.0 Å². The average Bonchev–Trinajstić information content (AvgIpc) is 2.91. The van der Waals surface area contributed by atoms with Gasteiger partial charge in [0.1, 0.15) is 11.6 Å². The lowest BCUT2D eigenvalue weighted by atomic mass is 10.1. The maximum Gasteiger partial charge on any atom is 0.257 e. The largest absolute Gasteiger partial charge is 0.484 e. The van der Waals surface area contributed by atoms with Crippen molar-refractivity contribution in [3.63, 3.8) is 0 Å². The van der Waals surface area contributed by atoms with Gasteiger partial charge in [-0.05, 0) is 25.5 Å². The van der Waals surface area contributed by atoms with Crippen molar-refractivity contribution in [3.8, 4) is 5.75 Å². The number of hydrogen-bond acceptors (Lipinski definition) is 3. The van der Waals surface area contributed by atoms with Gasteiger partial charge in [0.15, 0.2) is 6.61 Å². The van der Waals surface area contributed by atoms with Crippen LogP contribution in [0.15, 0.2) is 30.6 Å². The number of carbonyl (C=O) groups excluding carboxylic acids is 1. The summed E-state index contributed by atoms with van der Waals surface area (Å²) in [5.41, 5.74) is 2.21. The van der Waals surface area contributed by atoms with Crippen LogP contribution in [0.4, 0.5) is 0 Å². The van der Waals surface area contributed by atoms with E-state index in [1.54, 1.807) is 12.4 Å². The van der Waals surface area contributed by atoms with E-state index in [2.05, 4.69) is 15.3 Å². The topological polar surface area (TPSA) is 67.0 Å². The Bertz CT molecular complexity index is 565. The molecule has 0 radical (unpaired) electrons. The lowest BCUT2D eigenvalue weighted by Crippen LogP contribution is -2.30. The molecule has 0 bridgehead atoms. The van der Waals surface area contributed by atoms with Gasteiger partial charge in [-0.25, -0.2) is 4.98 Å². The van der Waals surface area contributed by atoms with E-state index in [0.29, 0.717) is 13.0 Å². The number of imidazole rings is 1. The Morgan fingerprint density at radius 3 is 2.95 bits per heavy atom. The zero-order chi connectivity index (χ0) is 14.4. The summed E-state index contributed by atoms with van der Waals surface area (Å²) in [6.45, 7) is 4.57. The van der Waals surface area contributed by atoms with Crippen LogP contribution in [0.25, 0.3) is 0 Å². The maximum absolute atomic E-state index is 11.7. The van der Waals surface area contributed by atoms with Gasteiger partial charge in [0.25, 0.3) is 5.91 Å². The molecule has 0 aliphatic heterocycles. The highest BCUT2D eigenvalue weighted by atomic mass is 16.5. The Hall–Kier alpha value is -2.30. The molecule has 0 aliphatic carbocycles. The molecule has 5 nitrogen and oxygen atoms in total. The van der Waals surface area contributed by atoms with Gasteiger partial charge in [0.2, 0.25) is 0 Å². The Morgan fingerprint density at radius 2 is 2.25 bits per heavy atom. The summed E-state index contributed by atoms with van der Waals surface area (Å²) in [5, 5.41) is 2.80. The van der Waals surface area contributed by atoms with Gasteiger partial charge in [0.05, 0.1) is 0 Å². The molecule has 1 aromatic heterocycles. The molecular weight excluding hydrogens is 254 g/mol. The predicted molar refractivity (Wildman–Crippen MR) is 76.7 cm³/mol. The predicted octanol–water partition coefficient (Wildman–Crippen LogP) is 1.76. The molecule has 0 unspecified atom stereocenters. The molecular formula is C15H19N3O2. The fraction of sp³-hybridized carbons (Fsp3) is 0.333. The average molecular weight is 273 g/mol. The van der Waals surface area contributed by atoms with Crippen LogP contribution in [-0.2, 0) is 11.2 Å². The van der Waals surface area contributed by atoms with Crippen molar-refractivity contribution in [1.29, 1.82) is 0 Å². The fourth-order valence-corrected chi connectivity index (χ4v) is 1.91. The molecule has 2 rings (SSSR count). The molecule has 0 spiro atoms. The standard InChI is InChI=1S/C15H19N3O2/c1-11-3-4-13(12(2)9-11)20-10-15(19)18-6-5-14-16-7-8-17-14/h3-4,7-9H,5-6,10H2,1-2H3,(H,16,17)(H,18,19). The number of rotatable bonds is 6. The van der Waals surface area contributed by atoms with Crippen LogP contribution in [0.5, 0.6) is 5.75 Å². The van der Waals surface area contributed by atoms with Crippen LogP contribution in [0.1, 0.15) is 17.0 Å². The number of ether oxygens (including phenoxy) is 1. The molecule has 0 atom stereocenters. The third-order valence-corrected chi connectivity index (χ3v) is 2.93. The van der Waals surface area contributed by atoms with Crippen molar-refractivity contribution < 1.29 is 9.53 Å². The molecule has 5 heteroatoms. The lowest BCUT2D eigenvalue weighted by molar-refractivity contribution is -0.123. The number of nitrogens with zero attached hydrogens (tertiary/aromatic N) is 1. The molecule has 106 valence electrons. The number of nitrogens with one attached hydrogen (secondary N) is 2. The van der Waals surface area contributed by atoms with Gasteiger partial charge in [-0.1, -0.05) is 17.7 Å². The molecule has 0 saturated heterocycles. The van der Waals surface area contributed by atoms with E-state index < -0.39 is 0 Å². The highest BCUT2D eigenvalue weighted by Gasteiger charge is 2.05. The summed E-state index contributed by atoms with van der Waals surface area (Å²) in [5.74, 6) is 1.48. The maximum atomic E-state index is 11.7. The number of aryl methyl sites for hydroxylation is 2. The second-order valence-electron chi connectivity index (χ2n) is 4.69. The second kappa shape index (κ2) is 6.75. The first kappa shape index (κ1) is 14.1. The molecule has 0 saturated carbocycles. The smallest absolute Gasteiger partial charge is 0.257 e. The SMILES string of the molecule is Cc1ccc(OCC(=O)NCCc2ncc[nH]2)c(C)c1. The van der Waals surface area contributed by atoms with E-state index >= 15 is 0 Å². The zero-order valence-electron chi connectivity index (χ0n) is 11.8. The number of aromatic amines is 1. The van der Waals surface area contributed by atoms with Crippen molar-refractivity contribution in [2.75, 3.05) is 13.2 Å². The van der Waals surface area contributed by atoms with Crippen LogP contribution in [0.2, 0.25) is 0 Å². The van der Waals surface area contributed by atoms with E-state index in [1.807, 2.05) is 32.0 Å². The van der Waals surface area contributed by atoms with Crippen LogP contribution in [0.3, 0.4) is 0 Å². The summed E-state index contributed by atoms with van der Waals surface area (Å²) in [6.07, 6.45) is 4.14. The van der Waals surface area contributed by atoms with Crippen LogP contribution >= 0.6 is 0 Å². The molecule has 20 heavy (non-hydrogen) atoms. The molecule has 2 aromatic rings. The quantitative estimate of drug-likeness (QED) is 0.843. The Balaban J connectivity index is 1.72. The molecule has 2 N–H and O–H groups in total. The number of H-pyrrole nitrogens is 1. The normalized spacial score (nSPS) is 10.3. The van der Waals surface area contributed by atoms with E-state index in [-0.39, 0.29) is 12.5 Å².